The van der Waals surface area contributed by atoms with E-state index in [0.717, 1.165) is 10.9 Å². The number of nitrogens with zero attached hydrogens (tertiary/aromatic N) is 1. The molecule has 0 bridgehead atoms. The van der Waals surface area contributed by atoms with Gasteiger partial charge in [0.15, 0.2) is 0 Å². The molecular formula is C22H21ClN4O3. The number of amides is 3. The number of halogens is 1. The minimum Gasteiger partial charge on any atom is -0.354 e. The molecule has 154 valence electrons. The number of anilines is 1. The normalized spacial score (nSPS) is 15.8. The van der Waals surface area contributed by atoms with Gasteiger partial charge in [0.05, 0.1) is 11.3 Å². The third-order valence-corrected chi connectivity index (χ3v) is 5.48. The van der Waals surface area contributed by atoms with Gasteiger partial charge in [-0.3, -0.25) is 14.4 Å². The summed E-state index contributed by atoms with van der Waals surface area (Å²) in [4.78, 5) is 36.9. The summed E-state index contributed by atoms with van der Waals surface area (Å²) in [5, 5.41) is 9.97. The van der Waals surface area contributed by atoms with Crippen molar-refractivity contribution in [3.05, 3.63) is 65.3 Å². The topological polar surface area (TPSA) is 92.2 Å². The fourth-order valence-electron chi connectivity index (χ4n) is 3.58. The highest BCUT2D eigenvalue weighted by Gasteiger charge is 2.27. The molecule has 0 saturated heterocycles. The summed E-state index contributed by atoms with van der Waals surface area (Å²) in [5.74, 6) is -0.822. The summed E-state index contributed by atoms with van der Waals surface area (Å²) < 4.78 is 2.03. The minimum absolute atomic E-state index is 0.132. The van der Waals surface area contributed by atoms with Gasteiger partial charge in [0.2, 0.25) is 11.8 Å². The first-order valence-electron chi connectivity index (χ1n) is 9.74. The van der Waals surface area contributed by atoms with Crippen molar-refractivity contribution in [2.75, 3.05) is 11.9 Å². The van der Waals surface area contributed by atoms with Gasteiger partial charge in [-0.05, 0) is 36.8 Å². The number of hydrogen-bond donors (Lipinski definition) is 3. The summed E-state index contributed by atoms with van der Waals surface area (Å²) in [5.41, 5.74) is 1.90. The number of benzene rings is 2. The largest absolute Gasteiger partial charge is 0.354 e. The van der Waals surface area contributed by atoms with Gasteiger partial charge in [0.25, 0.3) is 5.91 Å². The Balaban J connectivity index is 1.28. The van der Waals surface area contributed by atoms with Gasteiger partial charge in [-0.1, -0.05) is 29.8 Å². The predicted octanol–water partition coefficient (Wildman–Crippen LogP) is 2.94. The van der Waals surface area contributed by atoms with Crippen LogP contribution in [-0.2, 0) is 16.1 Å². The Kier molecular flexibility index (Phi) is 5.72. The molecule has 2 heterocycles. The van der Waals surface area contributed by atoms with Gasteiger partial charge in [0, 0.05) is 41.6 Å². The average molecular weight is 425 g/mol. The smallest absolute Gasteiger partial charge is 0.254 e. The second-order valence-electron chi connectivity index (χ2n) is 7.13. The van der Waals surface area contributed by atoms with Crippen molar-refractivity contribution in [3.63, 3.8) is 0 Å². The molecule has 0 saturated carbocycles. The van der Waals surface area contributed by atoms with Gasteiger partial charge in [-0.25, -0.2) is 0 Å². The molecule has 3 N–H and O–H groups in total. The highest BCUT2D eigenvalue weighted by Crippen LogP contribution is 2.24. The molecule has 1 aromatic heterocycles. The van der Waals surface area contributed by atoms with Crippen LogP contribution in [0.1, 0.15) is 23.2 Å². The van der Waals surface area contributed by atoms with Crippen LogP contribution in [0.3, 0.4) is 0 Å². The zero-order valence-corrected chi connectivity index (χ0v) is 16.9. The van der Waals surface area contributed by atoms with Crippen molar-refractivity contribution in [1.82, 2.24) is 15.2 Å². The maximum Gasteiger partial charge on any atom is 0.254 e. The number of fused-ring (bicyclic) bond motifs is 2. The molecule has 2 aromatic carbocycles. The lowest BCUT2D eigenvalue weighted by Crippen LogP contribution is -2.42. The molecule has 30 heavy (non-hydrogen) atoms. The van der Waals surface area contributed by atoms with Crippen LogP contribution in [0.5, 0.6) is 0 Å². The van der Waals surface area contributed by atoms with Crippen LogP contribution in [0.2, 0.25) is 5.02 Å². The lowest BCUT2D eigenvalue weighted by Gasteiger charge is -2.14. The van der Waals surface area contributed by atoms with E-state index in [1.165, 1.54) is 0 Å². The minimum atomic E-state index is -0.758. The van der Waals surface area contributed by atoms with Crippen LogP contribution in [0.25, 0.3) is 10.9 Å². The number of carbonyl (C=O) groups excluding carboxylic acids is 3. The van der Waals surface area contributed by atoms with E-state index in [1.54, 1.807) is 24.3 Å². The molecule has 3 amide bonds. The SMILES string of the molecule is O=C(CC[C@@H]1NC(=O)c2ccccc2NC1=O)NCCn1ccc2c(Cl)cccc21. The molecule has 8 heteroatoms. The number of carbonyl (C=O) groups is 3. The van der Waals surface area contributed by atoms with Crippen molar-refractivity contribution in [2.45, 2.75) is 25.4 Å². The van der Waals surface area contributed by atoms with Gasteiger partial charge < -0.3 is 20.5 Å². The van der Waals surface area contributed by atoms with E-state index >= 15 is 0 Å². The Morgan fingerprint density at radius 1 is 1.10 bits per heavy atom. The van der Waals surface area contributed by atoms with Crippen molar-refractivity contribution in [2.24, 2.45) is 0 Å². The van der Waals surface area contributed by atoms with Crippen LogP contribution in [-0.4, -0.2) is 34.9 Å². The standard InChI is InChI=1S/C22H21ClN4O3/c23-16-5-3-7-19-14(16)10-12-27(19)13-11-24-20(28)9-8-18-22(30)25-17-6-2-1-4-15(17)21(29)26-18/h1-7,10,12,18H,8-9,11,13H2,(H,24,28)(H,25,30)(H,26,29)/t18-/m0/s1. The first-order valence-corrected chi connectivity index (χ1v) is 10.1. The average Bonchev–Trinajstić information content (AvgIpc) is 3.10. The molecule has 0 unspecified atom stereocenters. The Morgan fingerprint density at radius 3 is 2.80 bits per heavy atom. The van der Waals surface area contributed by atoms with Crippen molar-refractivity contribution in [3.8, 4) is 0 Å². The number of hydrogen-bond acceptors (Lipinski definition) is 3. The van der Waals surface area contributed by atoms with Crippen LogP contribution < -0.4 is 16.0 Å². The zero-order chi connectivity index (χ0) is 21.1. The molecule has 0 fully saturated rings. The van der Waals surface area contributed by atoms with E-state index in [1.807, 2.05) is 35.0 Å². The highest BCUT2D eigenvalue weighted by atomic mass is 35.5. The fourth-order valence-corrected chi connectivity index (χ4v) is 3.81. The summed E-state index contributed by atoms with van der Waals surface area (Å²) in [7, 11) is 0. The lowest BCUT2D eigenvalue weighted by atomic mass is 10.1. The van der Waals surface area contributed by atoms with E-state index in [0.29, 0.717) is 29.4 Å². The van der Waals surface area contributed by atoms with Gasteiger partial charge >= 0.3 is 0 Å². The van der Waals surface area contributed by atoms with E-state index < -0.39 is 6.04 Å². The maximum absolute atomic E-state index is 12.4. The molecule has 1 aliphatic heterocycles. The number of nitrogens with one attached hydrogen (secondary N) is 3. The number of aromatic nitrogens is 1. The van der Waals surface area contributed by atoms with E-state index in [4.69, 9.17) is 11.6 Å². The number of rotatable bonds is 6. The summed E-state index contributed by atoms with van der Waals surface area (Å²) >= 11 is 6.19. The molecule has 3 aromatic rings. The van der Waals surface area contributed by atoms with Gasteiger partial charge in [-0.2, -0.15) is 0 Å². The second kappa shape index (κ2) is 8.59. The van der Waals surface area contributed by atoms with Gasteiger partial charge in [0.1, 0.15) is 6.04 Å². The first-order chi connectivity index (χ1) is 14.5. The molecule has 4 rings (SSSR count). The summed E-state index contributed by atoms with van der Waals surface area (Å²) in [6, 6.07) is 13.7. The first kappa shape index (κ1) is 20.0. The molecular weight excluding hydrogens is 404 g/mol. The molecule has 7 nitrogen and oxygen atoms in total. The Hall–Kier alpha value is -3.32. The number of para-hydroxylation sites is 1. The van der Waals surface area contributed by atoms with Crippen molar-refractivity contribution in [1.29, 1.82) is 0 Å². The molecule has 0 radical (unpaired) electrons. The third-order valence-electron chi connectivity index (χ3n) is 5.15. The molecule has 0 aliphatic carbocycles. The predicted molar refractivity (Wildman–Crippen MR) is 116 cm³/mol. The molecule has 1 atom stereocenters. The van der Waals surface area contributed by atoms with Crippen LogP contribution in [0.4, 0.5) is 5.69 Å². The van der Waals surface area contributed by atoms with E-state index in [9.17, 15) is 14.4 Å². The van der Waals surface area contributed by atoms with Crippen LogP contribution in [0, 0.1) is 0 Å². The third kappa shape index (κ3) is 4.16. The van der Waals surface area contributed by atoms with E-state index in [2.05, 4.69) is 16.0 Å². The molecule has 1 aliphatic rings. The Labute approximate surface area is 178 Å². The summed E-state index contributed by atoms with van der Waals surface area (Å²) in [6.07, 6.45) is 2.29. The fraction of sp³-hybridized carbons (Fsp3) is 0.227. The van der Waals surface area contributed by atoms with Crippen molar-refractivity contribution >= 4 is 45.9 Å². The van der Waals surface area contributed by atoms with Crippen LogP contribution in [0.15, 0.2) is 54.7 Å². The van der Waals surface area contributed by atoms with Crippen LogP contribution >= 0.6 is 11.6 Å². The Morgan fingerprint density at radius 2 is 1.93 bits per heavy atom. The zero-order valence-electron chi connectivity index (χ0n) is 16.2. The summed E-state index contributed by atoms with van der Waals surface area (Å²) in [6.45, 7) is 1.05. The maximum atomic E-state index is 12.4. The highest BCUT2D eigenvalue weighted by molar-refractivity contribution is 6.35. The molecule has 0 spiro atoms. The van der Waals surface area contributed by atoms with Crippen molar-refractivity contribution < 1.29 is 14.4 Å². The Bertz CT molecular complexity index is 1120. The monoisotopic (exact) mass is 424 g/mol. The van der Waals surface area contributed by atoms with Gasteiger partial charge in [-0.15, -0.1) is 0 Å². The lowest BCUT2D eigenvalue weighted by molar-refractivity contribution is -0.121. The van der Waals surface area contributed by atoms with E-state index in [-0.39, 0.29) is 30.6 Å². The second-order valence-corrected chi connectivity index (χ2v) is 7.54. The quantitative estimate of drug-likeness (QED) is 0.568.